The summed E-state index contributed by atoms with van der Waals surface area (Å²) in [5.74, 6) is 3.83. The minimum Gasteiger partial charge on any atom is -0.493 e. The molecule has 0 aliphatic carbocycles. The van der Waals surface area contributed by atoms with Gasteiger partial charge < -0.3 is 28.4 Å². The fraction of sp³-hybridized carbons (Fsp3) is 0.435. The van der Waals surface area contributed by atoms with Crippen LogP contribution in [-0.2, 0) is 13.1 Å². The van der Waals surface area contributed by atoms with Gasteiger partial charge >= 0.3 is 0 Å². The van der Waals surface area contributed by atoms with Crippen LogP contribution in [0.5, 0.6) is 34.5 Å². The van der Waals surface area contributed by atoms with Crippen LogP contribution >= 0.6 is 0 Å². The molecule has 1 aliphatic heterocycles. The third-order valence-corrected chi connectivity index (χ3v) is 5.22. The van der Waals surface area contributed by atoms with Crippen LogP contribution in [-0.4, -0.2) is 71.6 Å². The minimum absolute atomic E-state index is 0.600. The number of ether oxygens (including phenoxy) is 6. The first-order valence-corrected chi connectivity index (χ1v) is 9.97. The SMILES string of the molecule is COc1cc(CN2C=[N+](Cc3cc(OC)c(OC)c(OC)c3)CC2)cc(OC)c1OC. The standard InChI is InChI=1S/C23H31N2O6/c1-26-18-9-16(10-19(27-2)22(18)30-5)13-24-7-8-25(15-24)14-17-11-20(28-3)23(31-6)21(12-17)29-4/h9-12,15H,7-8,13-14H2,1-6H3/q+1. The van der Waals surface area contributed by atoms with Gasteiger partial charge in [-0.1, -0.05) is 0 Å². The summed E-state index contributed by atoms with van der Waals surface area (Å²) in [6, 6.07) is 7.93. The van der Waals surface area contributed by atoms with Gasteiger partial charge in [0.05, 0.1) is 42.7 Å². The molecule has 2 aromatic carbocycles. The van der Waals surface area contributed by atoms with Crippen molar-refractivity contribution < 1.29 is 33.0 Å². The van der Waals surface area contributed by atoms with Gasteiger partial charge in [-0.25, -0.2) is 0 Å². The summed E-state index contributed by atoms with van der Waals surface area (Å²) in [6.45, 7) is 3.31. The molecule has 0 aromatic heterocycles. The number of hydrogen-bond donors (Lipinski definition) is 0. The second-order valence-corrected chi connectivity index (χ2v) is 7.12. The molecule has 8 nitrogen and oxygen atoms in total. The van der Waals surface area contributed by atoms with E-state index in [1.54, 1.807) is 42.7 Å². The molecular weight excluding hydrogens is 400 g/mol. The highest BCUT2D eigenvalue weighted by Gasteiger charge is 2.23. The van der Waals surface area contributed by atoms with E-state index >= 15 is 0 Å². The maximum atomic E-state index is 5.47. The number of nitrogens with zero attached hydrogens (tertiary/aromatic N) is 2. The Morgan fingerprint density at radius 3 is 1.55 bits per heavy atom. The van der Waals surface area contributed by atoms with Crippen molar-refractivity contribution in [2.24, 2.45) is 0 Å². The van der Waals surface area contributed by atoms with Crippen molar-refractivity contribution in [2.75, 3.05) is 55.7 Å². The van der Waals surface area contributed by atoms with Gasteiger partial charge in [0.1, 0.15) is 26.2 Å². The van der Waals surface area contributed by atoms with E-state index in [1.807, 2.05) is 24.3 Å². The molecule has 0 N–H and O–H groups in total. The summed E-state index contributed by atoms with van der Waals surface area (Å²) in [5, 5.41) is 0. The van der Waals surface area contributed by atoms with Crippen LogP contribution in [0.4, 0.5) is 0 Å². The highest BCUT2D eigenvalue weighted by molar-refractivity contribution is 5.56. The monoisotopic (exact) mass is 431 g/mol. The zero-order valence-electron chi connectivity index (χ0n) is 19.1. The van der Waals surface area contributed by atoms with Gasteiger partial charge in [0.2, 0.25) is 17.8 Å². The zero-order valence-corrected chi connectivity index (χ0v) is 19.1. The Labute approximate surface area is 183 Å². The first-order chi connectivity index (χ1) is 15.1. The highest BCUT2D eigenvalue weighted by atomic mass is 16.5. The first kappa shape index (κ1) is 22.4. The Bertz CT molecular complexity index is 894. The quantitative estimate of drug-likeness (QED) is 0.536. The van der Waals surface area contributed by atoms with Gasteiger partial charge in [0, 0.05) is 11.1 Å². The molecule has 3 rings (SSSR count). The Kier molecular flexibility index (Phi) is 7.33. The predicted molar refractivity (Wildman–Crippen MR) is 118 cm³/mol. The van der Waals surface area contributed by atoms with E-state index in [4.69, 9.17) is 28.4 Å². The largest absolute Gasteiger partial charge is 0.493 e. The molecule has 0 radical (unpaired) electrons. The molecule has 0 fully saturated rings. The van der Waals surface area contributed by atoms with Crippen molar-refractivity contribution in [3.8, 4) is 34.5 Å². The molecule has 2 aromatic rings. The summed E-state index contributed by atoms with van der Waals surface area (Å²) in [4.78, 5) is 2.26. The highest BCUT2D eigenvalue weighted by Crippen LogP contribution is 2.39. The van der Waals surface area contributed by atoms with Crippen LogP contribution in [0.3, 0.4) is 0 Å². The van der Waals surface area contributed by atoms with Gasteiger partial charge in [-0.3, -0.25) is 9.48 Å². The van der Waals surface area contributed by atoms with Crippen molar-refractivity contribution in [2.45, 2.75) is 13.1 Å². The van der Waals surface area contributed by atoms with E-state index < -0.39 is 0 Å². The topological polar surface area (TPSA) is 61.6 Å². The summed E-state index contributed by atoms with van der Waals surface area (Å²) in [6.07, 6.45) is 2.15. The fourth-order valence-electron chi connectivity index (χ4n) is 3.77. The van der Waals surface area contributed by atoms with Gasteiger partial charge in [0.25, 0.3) is 0 Å². The Hall–Kier alpha value is -3.29. The third-order valence-electron chi connectivity index (χ3n) is 5.22. The minimum atomic E-state index is 0.600. The third kappa shape index (κ3) is 4.90. The average Bonchev–Trinajstić information content (AvgIpc) is 3.23. The smallest absolute Gasteiger partial charge is 0.234 e. The summed E-state index contributed by atoms with van der Waals surface area (Å²) in [7, 11) is 9.72. The van der Waals surface area contributed by atoms with Crippen LogP contribution in [0.15, 0.2) is 24.3 Å². The van der Waals surface area contributed by atoms with Crippen molar-refractivity contribution in [3.05, 3.63) is 35.4 Å². The van der Waals surface area contributed by atoms with Gasteiger partial charge in [0.15, 0.2) is 23.0 Å². The first-order valence-electron chi connectivity index (χ1n) is 9.97. The van der Waals surface area contributed by atoms with Gasteiger partial charge in [-0.15, -0.1) is 0 Å². The lowest BCUT2D eigenvalue weighted by molar-refractivity contribution is -0.530. The normalized spacial score (nSPS) is 13.0. The van der Waals surface area contributed by atoms with Crippen molar-refractivity contribution in [1.29, 1.82) is 0 Å². The van der Waals surface area contributed by atoms with Gasteiger partial charge in [-0.2, -0.15) is 0 Å². The molecule has 0 bridgehead atoms. The summed E-state index contributed by atoms with van der Waals surface area (Å²) >= 11 is 0. The van der Waals surface area contributed by atoms with E-state index in [9.17, 15) is 0 Å². The molecule has 0 unspecified atom stereocenters. The van der Waals surface area contributed by atoms with E-state index in [2.05, 4.69) is 15.8 Å². The maximum absolute atomic E-state index is 5.47. The fourth-order valence-corrected chi connectivity index (χ4v) is 3.77. The molecule has 8 heteroatoms. The zero-order chi connectivity index (χ0) is 22.4. The predicted octanol–water partition coefficient (Wildman–Crippen LogP) is 2.79. The molecule has 0 saturated carbocycles. The number of benzene rings is 2. The van der Waals surface area contributed by atoms with E-state index in [-0.39, 0.29) is 0 Å². The molecule has 1 aliphatic rings. The lowest BCUT2D eigenvalue weighted by Gasteiger charge is -2.15. The Morgan fingerprint density at radius 1 is 0.677 bits per heavy atom. The number of methoxy groups -OCH3 is 6. The van der Waals surface area contributed by atoms with Crippen LogP contribution < -0.4 is 28.4 Å². The van der Waals surface area contributed by atoms with Crippen LogP contribution in [0.25, 0.3) is 0 Å². The lowest BCUT2D eigenvalue weighted by atomic mass is 10.1. The molecule has 168 valence electrons. The van der Waals surface area contributed by atoms with Crippen molar-refractivity contribution >= 4 is 6.34 Å². The van der Waals surface area contributed by atoms with Crippen molar-refractivity contribution in [3.63, 3.8) is 0 Å². The summed E-state index contributed by atoms with van der Waals surface area (Å²) in [5.41, 5.74) is 2.17. The molecular formula is C23H31N2O6+. The summed E-state index contributed by atoms with van der Waals surface area (Å²) < 4.78 is 35.0. The lowest BCUT2D eigenvalue weighted by Crippen LogP contribution is -2.19. The van der Waals surface area contributed by atoms with Gasteiger partial charge in [-0.05, 0) is 24.3 Å². The number of hydrogen-bond acceptors (Lipinski definition) is 7. The van der Waals surface area contributed by atoms with E-state index in [0.717, 1.165) is 37.3 Å². The van der Waals surface area contributed by atoms with E-state index in [0.29, 0.717) is 34.5 Å². The maximum Gasteiger partial charge on any atom is 0.234 e. The second-order valence-electron chi connectivity index (χ2n) is 7.12. The molecule has 1 heterocycles. The molecule has 0 spiro atoms. The van der Waals surface area contributed by atoms with Crippen LogP contribution in [0.2, 0.25) is 0 Å². The number of rotatable bonds is 10. The molecule has 0 saturated heterocycles. The second kappa shape index (κ2) is 10.1. The van der Waals surface area contributed by atoms with Crippen LogP contribution in [0, 0.1) is 0 Å². The Morgan fingerprint density at radius 2 is 1.13 bits per heavy atom. The molecule has 31 heavy (non-hydrogen) atoms. The van der Waals surface area contributed by atoms with Crippen LogP contribution in [0.1, 0.15) is 11.1 Å². The van der Waals surface area contributed by atoms with E-state index in [1.165, 1.54) is 0 Å². The Balaban J connectivity index is 1.76. The van der Waals surface area contributed by atoms with Crippen molar-refractivity contribution in [1.82, 2.24) is 4.90 Å². The average molecular weight is 432 g/mol. The molecule has 0 atom stereocenters. The molecule has 0 amide bonds.